The molecule has 1 aliphatic rings. The average molecular weight is 259 g/mol. The molecule has 0 aromatic carbocycles. The Morgan fingerprint density at radius 1 is 1.57 bits per heavy atom. The third-order valence-corrected chi connectivity index (χ3v) is 2.37. The van der Waals surface area contributed by atoms with E-state index in [-0.39, 0.29) is 11.9 Å². The summed E-state index contributed by atoms with van der Waals surface area (Å²) in [5, 5.41) is 10.4. The molecule has 0 saturated heterocycles. The van der Waals surface area contributed by atoms with Gasteiger partial charge >= 0.3 is 5.82 Å². The second-order valence-electron chi connectivity index (χ2n) is 3.03. The van der Waals surface area contributed by atoms with E-state index in [2.05, 4.69) is 20.9 Å². The predicted molar refractivity (Wildman–Crippen MR) is 52.2 cm³/mol. The molecule has 5 nitrogen and oxygen atoms in total. The molecule has 14 heavy (non-hydrogen) atoms. The molecule has 74 valence electrons. The van der Waals surface area contributed by atoms with E-state index in [9.17, 15) is 10.1 Å². The zero-order valence-corrected chi connectivity index (χ0v) is 8.73. The minimum atomic E-state index is -0.536. The zero-order valence-electron chi connectivity index (χ0n) is 7.14. The van der Waals surface area contributed by atoms with Crippen molar-refractivity contribution in [3.8, 4) is 5.75 Å². The number of ether oxygens (including phenoxy) is 1. The summed E-state index contributed by atoms with van der Waals surface area (Å²) in [4.78, 5) is 13.6. The molecule has 0 N–H and O–H groups in total. The number of pyridine rings is 1. The molecule has 1 saturated carbocycles. The summed E-state index contributed by atoms with van der Waals surface area (Å²) in [5.41, 5.74) is 0. The van der Waals surface area contributed by atoms with Gasteiger partial charge in [-0.1, -0.05) is 0 Å². The Bertz CT molecular complexity index is 379. The van der Waals surface area contributed by atoms with Gasteiger partial charge in [0.2, 0.25) is 0 Å². The molecule has 0 aliphatic heterocycles. The van der Waals surface area contributed by atoms with Crippen LogP contribution in [0, 0.1) is 10.1 Å². The van der Waals surface area contributed by atoms with Crippen LogP contribution in [-0.4, -0.2) is 16.0 Å². The van der Waals surface area contributed by atoms with Crippen molar-refractivity contribution in [3.63, 3.8) is 0 Å². The van der Waals surface area contributed by atoms with Crippen LogP contribution in [0.1, 0.15) is 12.8 Å². The van der Waals surface area contributed by atoms with Crippen LogP contribution in [0.5, 0.6) is 5.75 Å². The summed E-state index contributed by atoms with van der Waals surface area (Å²) in [6.07, 6.45) is 2.35. The normalized spacial score (nSPS) is 15.2. The number of hydrogen-bond acceptors (Lipinski definition) is 4. The lowest BCUT2D eigenvalue weighted by molar-refractivity contribution is -0.389. The number of aromatic nitrogens is 1. The summed E-state index contributed by atoms with van der Waals surface area (Å²) in [5.74, 6) is 0.387. The topological polar surface area (TPSA) is 65.3 Å². The summed E-state index contributed by atoms with van der Waals surface area (Å²) in [6, 6.07) is 2.90. The molecule has 0 unspecified atom stereocenters. The maximum atomic E-state index is 10.4. The fourth-order valence-corrected chi connectivity index (χ4v) is 1.37. The molecule has 0 bridgehead atoms. The number of nitro groups is 1. The number of nitrogens with zero attached hydrogens (tertiary/aromatic N) is 2. The Kier molecular flexibility index (Phi) is 2.37. The highest BCUT2D eigenvalue weighted by Crippen LogP contribution is 2.31. The molecule has 0 atom stereocenters. The molecule has 1 aromatic heterocycles. The van der Waals surface area contributed by atoms with Crippen LogP contribution in [0.15, 0.2) is 16.7 Å². The van der Waals surface area contributed by atoms with E-state index in [1.807, 2.05) is 0 Å². The Labute approximate surface area is 88.4 Å². The molecule has 1 heterocycles. The first-order valence-corrected chi connectivity index (χ1v) is 4.93. The average Bonchev–Trinajstić information content (AvgIpc) is 2.92. The highest BCUT2D eigenvalue weighted by atomic mass is 79.9. The summed E-state index contributed by atoms with van der Waals surface area (Å²) >= 11 is 3.13. The summed E-state index contributed by atoms with van der Waals surface area (Å²) in [6.45, 7) is 0. The lowest BCUT2D eigenvalue weighted by Gasteiger charge is -2.02. The Balaban J connectivity index is 2.21. The molecule has 0 radical (unpaired) electrons. The van der Waals surface area contributed by atoms with E-state index in [1.165, 1.54) is 6.07 Å². The Hall–Kier alpha value is -1.17. The molecule has 2 rings (SSSR count). The van der Waals surface area contributed by atoms with E-state index in [0.717, 1.165) is 12.8 Å². The smallest absolute Gasteiger partial charge is 0.364 e. The van der Waals surface area contributed by atoms with Gasteiger partial charge in [-0.3, -0.25) is 0 Å². The standard InChI is InChI=1S/C8H7BrN2O3/c9-8-6(14-5-1-2-5)3-4-7(10-8)11(12)13/h3-5H,1-2H2. The molecular formula is C8H7BrN2O3. The van der Waals surface area contributed by atoms with Gasteiger partial charge in [0.25, 0.3) is 4.60 Å². The van der Waals surface area contributed by atoms with Gasteiger partial charge in [0.1, 0.15) is 0 Å². The first-order valence-electron chi connectivity index (χ1n) is 4.14. The third-order valence-electron chi connectivity index (χ3n) is 1.80. The van der Waals surface area contributed by atoms with Crippen LogP contribution < -0.4 is 4.74 Å². The second-order valence-corrected chi connectivity index (χ2v) is 3.78. The van der Waals surface area contributed by atoms with Crippen molar-refractivity contribution in [3.05, 3.63) is 26.9 Å². The van der Waals surface area contributed by atoms with Crippen molar-refractivity contribution >= 4 is 21.7 Å². The quantitative estimate of drug-likeness (QED) is 0.474. The van der Waals surface area contributed by atoms with Crippen molar-refractivity contribution in [2.75, 3.05) is 0 Å². The van der Waals surface area contributed by atoms with Gasteiger partial charge in [0.15, 0.2) is 5.75 Å². The predicted octanol–water partition coefficient (Wildman–Crippen LogP) is 2.29. The molecule has 0 spiro atoms. The fraction of sp³-hybridized carbons (Fsp3) is 0.375. The molecular weight excluding hydrogens is 252 g/mol. The largest absolute Gasteiger partial charge is 0.485 e. The first kappa shape index (κ1) is 9.39. The molecule has 1 aliphatic carbocycles. The van der Waals surface area contributed by atoms with Crippen molar-refractivity contribution in [1.29, 1.82) is 0 Å². The SMILES string of the molecule is O=[N+]([O-])c1ccc(OC2CC2)c(Br)n1. The minimum Gasteiger partial charge on any atom is -0.485 e. The highest BCUT2D eigenvalue weighted by Gasteiger charge is 2.26. The van der Waals surface area contributed by atoms with E-state index in [0.29, 0.717) is 10.4 Å². The zero-order chi connectivity index (χ0) is 10.1. The minimum absolute atomic E-state index is 0.181. The second kappa shape index (κ2) is 3.53. The monoisotopic (exact) mass is 258 g/mol. The van der Waals surface area contributed by atoms with Gasteiger partial charge in [0, 0.05) is 22.0 Å². The lowest BCUT2D eigenvalue weighted by Crippen LogP contribution is -1.99. The number of halogens is 1. The molecule has 6 heteroatoms. The van der Waals surface area contributed by atoms with Gasteiger partial charge < -0.3 is 14.9 Å². The van der Waals surface area contributed by atoms with Crippen LogP contribution in [0.4, 0.5) is 5.82 Å². The third kappa shape index (κ3) is 2.01. The molecule has 0 amide bonds. The molecule has 1 aromatic rings. The van der Waals surface area contributed by atoms with Crippen LogP contribution in [-0.2, 0) is 0 Å². The maximum absolute atomic E-state index is 10.4. The van der Waals surface area contributed by atoms with Gasteiger partial charge in [-0.05, 0) is 28.8 Å². The maximum Gasteiger partial charge on any atom is 0.364 e. The lowest BCUT2D eigenvalue weighted by atomic mass is 10.4. The van der Waals surface area contributed by atoms with Crippen LogP contribution >= 0.6 is 15.9 Å². The van der Waals surface area contributed by atoms with Crippen LogP contribution in [0.25, 0.3) is 0 Å². The van der Waals surface area contributed by atoms with E-state index in [4.69, 9.17) is 4.74 Å². The van der Waals surface area contributed by atoms with Crippen molar-refractivity contribution in [1.82, 2.24) is 4.98 Å². The Morgan fingerprint density at radius 2 is 2.29 bits per heavy atom. The van der Waals surface area contributed by atoms with Gasteiger partial charge in [0.05, 0.1) is 6.10 Å². The number of rotatable bonds is 3. The van der Waals surface area contributed by atoms with Gasteiger partial charge in [-0.25, -0.2) is 0 Å². The van der Waals surface area contributed by atoms with Crippen molar-refractivity contribution in [2.24, 2.45) is 0 Å². The molecule has 1 fully saturated rings. The summed E-state index contributed by atoms with van der Waals surface area (Å²) in [7, 11) is 0. The van der Waals surface area contributed by atoms with Crippen LogP contribution in [0.2, 0.25) is 0 Å². The number of hydrogen-bond donors (Lipinski definition) is 0. The fourth-order valence-electron chi connectivity index (χ4n) is 0.967. The Morgan fingerprint density at radius 3 is 2.79 bits per heavy atom. The van der Waals surface area contributed by atoms with Crippen molar-refractivity contribution < 1.29 is 9.66 Å². The van der Waals surface area contributed by atoms with Gasteiger partial charge in [-0.2, -0.15) is 0 Å². The van der Waals surface area contributed by atoms with Crippen LogP contribution in [0.3, 0.4) is 0 Å². The summed E-state index contributed by atoms with van der Waals surface area (Å²) < 4.78 is 5.85. The highest BCUT2D eigenvalue weighted by molar-refractivity contribution is 9.10. The van der Waals surface area contributed by atoms with E-state index < -0.39 is 4.92 Å². The van der Waals surface area contributed by atoms with E-state index in [1.54, 1.807) is 6.07 Å². The van der Waals surface area contributed by atoms with Crippen molar-refractivity contribution in [2.45, 2.75) is 18.9 Å². The first-order chi connectivity index (χ1) is 6.66. The van der Waals surface area contributed by atoms with Gasteiger partial charge in [-0.15, -0.1) is 0 Å². The van der Waals surface area contributed by atoms with E-state index >= 15 is 0 Å².